The van der Waals surface area contributed by atoms with Crippen molar-refractivity contribution >= 4 is 17.3 Å². The Balaban J connectivity index is 0.000000640. The maximum Gasteiger partial charge on any atom is 0.0426 e. The number of nitrogens with two attached hydrogens (primary N) is 1. The van der Waals surface area contributed by atoms with Crippen molar-refractivity contribution in [2.45, 2.75) is 7.43 Å². The topological polar surface area (TPSA) is 26.0 Å². The number of rotatable bonds is 0. The Labute approximate surface area is 60.4 Å². The minimum Gasteiger partial charge on any atom is -0.399 e. The fourth-order valence-electron chi connectivity index (χ4n) is 0.507. The molecule has 0 atom stereocenters. The minimum atomic E-state index is 0. The first-order valence-electron chi connectivity index (χ1n) is 2.30. The van der Waals surface area contributed by atoms with Crippen LogP contribution in [0, 0.1) is 0 Å². The smallest absolute Gasteiger partial charge is 0.0426 e. The predicted molar refractivity (Wildman–Crippen MR) is 42.6 cm³/mol. The monoisotopic (exact) mass is 143 g/mol. The zero-order valence-electron chi connectivity index (χ0n) is 4.26. The van der Waals surface area contributed by atoms with E-state index < -0.39 is 0 Å². The zero-order valence-corrected chi connectivity index (χ0v) is 5.02. The van der Waals surface area contributed by atoms with Crippen LogP contribution in [0.2, 0.25) is 5.02 Å². The number of benzene rings is 1. The third-order valence-corrected chi connectivity index (χ3v) is 1.08. The molecule has 1 aromatic carbocycles. The molecule has 0 aromatic heterocycles. The lowest BCUT2D eigenvalue weighted by Gasteiger charge is -1.89. The standard InChI is InChI=1S/C6H6ClN.CH4/c7-5-2-1-3-6(8)4-5;/h1-4H,8H2;1H4. The van der Waals surface area contributed by atoms with Gasteiger partial charge in [-0.3, -0.25) is 0 Å². The molecule has 0 aliphatic heterocycles. The average Bonchev–Trinajstić information content (AvgIpc) is 1.64. The normalized spacial score (nSPS) is 8.11. The molecule has 0 saturated heterocycles. The van der Waals surface area contributed by atoms with Gasteiger partial charge in [-0.15, -0.1) is 0 Å². The van der Waals surface area contributed by atoms with Gasteiger partial charge in [0.1, 0.15) is 0 Å². The molecule has 0 aliphatic rings. The summed E-state index contributed by atoms with van der Waals surface area (Å²) in [6, 6.07) is 7.11. The lowest BCUT2D eigenvalue weighted by atomic mass is 10.3. The van der Waals surface area contributed by atoms with Crippen LogP contribution in [0.15, 0.2) is 24.3 Å². The van der Waals surface area contributed by atoms with Crippen molar-refractivity contribution in [3.8, 4) is 0 Å². The average molecular weight is 144 g/mol. The van der Waals surface area contributed by atoms with Crippen LogP contribution in [0.4, 0.5) is 5.69 Å². The Morgan fingerprint density at radius 1 is 1.33 bits per heavy atom. The van der Waals surface area contributed by atoms with Crippen molar-refractivity contribution in [3.05, 3.63) is 29.3 Å². The van der Waals surface area contributed by atoms with E-state index in [1.807, 2.05) is 6.07 Å². The number of nitrogen functional groups attached to an aromatic ring is 1. The Hall–Kier alpha value is -0.690. The third-order valence-electron chi connectivity index (χ3n) is 0.849. The summed E-state index contributed by atoms with van der Waals surface area (Å²) in [6.45, 7) is 0. The molecule has 0 aliphatic carbocycles. The SMILES string of the molecule is C.Nc1cccc(Cl)c1. The van der Waals surface area contributed by atoms with Gasteiger partial charge in [0.25, 0.3) is 0 Å². The molecule has 1 rings (SSSR count). The highest BCUT2D eigenvalue weighted by Crippen LogP contribution is 2.10. The second-order valence-corrected chi connectivity index (χ2v) is 1.99. The molecule has 2 N–H and O–H groups in total. The van der Waals surface area contributed by atoms with Gasteiger partial charge < -0.3 is 5.73 Å². The quantitative estimate of drug-likeness (QED) is 0.555. The van der Waals surface area contributed by atoms with Crippen LogP contribution in [-0.4, -0.2) is 0 Å². The van der Waals surface area contributed by atoms with E-state index in [9.17, 15) is 0 Å². The van der Waals surface area contributed by atoms with Crippen LogP contribution < -0.4 is 5.73 Å². The first-order valence-corrected chi connectivity index (χ1v) is 2.68. The molecule has 0 bridgehead atoms. The van der Waals surface area contributed by atoms with Gasteiger partial charge >= 0.3 is 0 Å². The van der Waals surface area contributed by atoms with Crippen LogP contribution in [0.25, 0.3) is 0 Å². The van der Waals surface area contributed by atoms with Gasteiger partial charge in [-0.2, -0.15) is 0 Å². The van der Waals surface area contributed by atoms with Crippen molar-refractivity contribution in [1.29, 1.82) is 0 Å². The van der Waals surface area contributed by atoms with Crippen LogP contribution in [-0.2, 0) is 0 Å². The van der Waals surface area contributed by atoms with Gasteiger partial charge in [-0.25, -0.2) is 0 Å². The molecule has 0 fully saturated rings. The zero-order chi connectivity index (χ0) is 5.98. The second kappa shape index (κ2) is 3.36. The molecular formula is C7H10ClN. The first-order chi connectivity index (χ1) is 3.79. The van der Waals surface area contributed by atoms with E-state index in [0.29, 0.717) is 10.7 Å². The maximum absolute atomic E-state index is 5.56. The summed E-state index contributed by atoms with van der Waals surface area (Å²) < 4.78 is 0. The fourth-order valence-corrected chi connectivity index (χ4v) is 0.705. The Morgan fingerprint density at radius 2 is 2.00 bits per heavy atom. The van der Waals surface area contributed by atoms with Gasteiger partial charge in [0.05, 0.1) is 0 Å². The molecule has 1 aromatic rings. The van der Waals surface area contributed by atoms with Crippen molar-refractivity contribution in [2.24, 2.45) is 0 Å². The van der Waals surface area contributed by atoms with Gasteiger partial charge in [0.15, 0.2) is 0 Å². The highest BCUT2D eigenvalue weighted by Gasteiger charge is 1.83. The van der Waals surface area contributed by atoms with Crippen molar-refractivity contribution in [3.63, 3.8) is 0 Å². The van der Waals surface area contributed by atoms with Gasteiger partial charge in [-0.05, 0) is 18.2 Å². The highest BCUT2D eigenvalue weighted by atomic mass is 35.5. The molecule has 1 nitrogen and oxygen atoms in total. The van der Waals surface area contributed by atoms with Crippen molar-refractivity contribution < 1.29 is 0 Å². The third kappa shape index (κ3) is 2.38. The second-order valence-electron chi connectivity index (χ2n) is 1.56. The summed E-state index contributed by atoms with van der Waals surface area (Å²) in [7, 11) is 0. The van der Waals surface area contributed by atoms with E-state index in [1.165, 1.54) is 0 Å². The summed E-state index contributed by atoms with van der Waals surface area (Å²) in [5.74, 6) is 0. The molecule has 0 saturated carbocycles. The van der Waals surface area contributed by atoms with Crippen LogP contribution >= 0.6 is 11.6 Å². The summed E-state index contributed by atoms with van der Waals surface area (Å²) in [6.07, 6.45) is 0. The Kier molecular flexibility index (Phi) is 3.10. The molecule has 0 unspecified atom stereocenters. The molecule has 9 heavy (non-hydrogen) atoms. The van der Waals surface area contributed by atoms with Gasteiger partial charge in [0, 0.05) is 10.7 Å². The Bertz CT molecular complexity index is 169. The Morgan fingerprint density at radius 3 is 2.33 bits per heavy atom. The maximum atomic E-state index is 5.56. The number of hydrogen-bond acceptors (Lipinski definition) is 1. The summed E-state index contributed by atoms with van der Waals surface area (Å²) in [4.78, 5) is 0. The number of anilines is 1. The molecule has 0 heterocycles. The lowest BCUT2D eigenvalue weighted by Crippen LogP contribution is -1.80. The van der Waals surface area contributed by atoms with Crippen LogP contribution in [0.5, 0.6) is 0 Å². The molecule has 50 valence electrons. The van der Waals surface area contributed by atoms with Crippen LogP contribution in [0.1, 0.15) is 7.43 Å². The van der Waals surface area contributed by atoms with E-state index in [2.05, 4.69) is 0 Å². The summed E-state index contributed by atoms with van der Waals surface area (Å²) >= 11 is 5.56. The van der Waals surface area contributed by atoms with Crippen molar-refractivity contribution in [1.82, 2.24) is 0 Å². The number of halogens is 1. The molecule has 0 amide bonds. The van der Waals surface area contributed by atoms with E-state index >= 15 is 0 Å². The van der Waals surface area contributed by atoms with Gasteiger partial charge in [-0.1, -0.05) is 25.1 Å². The summed E-state index contributed by atoms with van der Waals surface area (Å²) in [5, 5.41) is 0.685. The molecular weight excluding hydrogens is 134 g/mol. The molecule has 2 heteroatoms. The summed E-state index contributed by atoms with van der Waals surface area (Å²) in [5.41, 5.74) is 6.08. The number of hydrogen-bond donors (Lipinski definition) is 1. The van der Waals surface area contributed by atoms with E-state index in [-0.39, 0.29) is 7.43 Å². The van der Waals surface area contributed by atoms with Gasteiger partial charge in [0.2, 0.25) is 0 Å². The van der Waals surface area contributed by atoms with Crippen LogP contribution in [0.3, 0.4) is 0 Å². The predicted octanol–water partition coefficient (Wildman–Crippen LogP) is 2.56. The van der Waals surface area contributed by atoms with Crippen molar-refractivity contribution in [2.75, 3.05) is 5.73 Å². The van der Waals surface area contributed by atoms with E-state index in [0.717, 1.165) is 0 Å². The first kappa shape index (κ1) is 8.31. The minimum absolute atomic E-state index is 0. The van der Waals surface area contributed by atoms with E-state index in [4.69, 9.17) is 17.3 Å². The molecule has 0 spiro atoms. The lowest BCUT2D eigenvalue weighted by molar-refractivity contribution is 1.69. The molecule has 0 radical (unpaired) electrons. The highest BCUT2D eigenvalue weighted by molar-refractivity contribution is 6.30. The van der Waals surface area contributed by atoms with E-state index in [1.54, 1.807) is 18.2 Å². The largest absolute Gasteiger partial charge is 0.399 e. The fraction of sp³-hybridized carbons (Fsp3) is 0.143.